The SMILES string of the molecule is COc1ccc(/C=C/C(=O)N(C)C2CCCCC2)cc1Br. The lowest BCUT2D eigenvalue weighted by Crippen LogP contribution is -2.37. The Morgan fingerprint density at radius 3 is 2.67 bits per heavy atom. The van der Waals surface area contributed by atoms with Crippen LogP contribution in [-0.4, -0.2) is 31.0 Å². The van der Waals surface area contributed by atoms with Crippen LogP contribution in [0.2, 0.25) is 0 Å². The number of likely N-dealkylation sites (N-methyl/N-ethyl adjacent to an activating group) is 1. The highest BCUT2D eigenvalue weighted by atomic mass is 79.9. The average molecular weight is 352 g/mol. The Kier molecular flexibility index (Phi) is 5.85. The molecule has 1 aliphatic rings. The van der Waals surface area contributed by atoms with E-state index in [1.807, 2.05) is 36.2 Å². The Balaban J connectivity index is 1.99. The molecule has 1 saturated carbocycles. The molecule has 4 heteroatoms. The van der Waals surface area contributed by atoms with Crippen molar-refractivity contribution in [3.05, 3.63) is 34.3 Å². The molecule has 1 fully saturated rings. The smallest absolute Gasteiger partial charge is 0.246 e. The van der Waals surface area contributed by atoms with Crippen molar-refractivity contribution in [1.29, 1.82) is 0 Å². The number of hydrogen-bond acceptors (Lipinski definition) is 2. The summed E-state index contributed by atoms with van der Waals surface area (Å²) in [6, 6.07) is 6.18. The molecule has 1 aliphatic carbocycles. The van der Waals surface area contributed by atoms with Crippen LogP contribution in [0.5, 0.6) is 5.75 Å². The topological polar surface area (TPSA) is 29.5 Å². The fraction of sp³-hybridized carbons (Fsp3) is 0.471. The maximum absolute atomic E-state index is 12.2. The van der Waals surface area contributed by atoms with E-state index >= 15 is 0 Å². The molecule has 0 aliphatic heterocycles. The summed E-state index contributed by atoms with van der Waals surface area (Å²) >= 11 is 3.45. The first kappa shape index (κ1) is 16.1. The van der Waals surface area contributed by atoms with Crippen molar-refractivity contribution in [2.45, 2.75) is 38.1 Å². The van der Waals surface area contributed by atoms with Gasteiger partial charge in [0.2, 0.25) is 5.91 Å². The number of methoxy groups -OCH3 is 1. The molecule has 0 heterocycles. The standard InChI is InChI=1S/C17H22BrNO2/c1-19(14-6-4-3-5-7-14)17(20)11-9-13-8-10-16(21-2)15(18)12-13/h8-12,14H,3-7H2,1-2H3/b11-9+. The van der Waals surface area contributed by atoms with E-state index < -0.39 is 0 Å². The molecule has 0 N–H and O–H groups in total. The summed E-state index contributed by atoms with van der Waals surface area (Å²) in [7, 11) is 3.55. The van der Waals surface area contributed by atoms with Gasteiger partial charge in [-0.3, -0.25) is 4.79 Å². The van der Waals surface area contributed by atoms with Gasteiger partial charge >= 0.3 is 0 Å². The first-order valence-electron chi connectivity index (χ1n) is 7.40. The fourth-order valence-electron chi connectivity index (χ4n) is 2.72. The van der Waals surface area contributed by atoms with E-state index in [0.29, 0.717) is 6.04 Å². The Morgan fingerprint density at radius 1 is 1.33 bits per heavy atom. The van der Waals surface area contributed by atoms with E-state index in [-0.39, 0.29) is 5.91 Å². The summed E-state index contributed by atoms with van der Waals surface area (Å²) in [6.07, 6.45) is 9.53. The van der Waals surface area contributed by atoms with Crippen molar-refractivity contribution in [3.8, 4) is 5.75 Å². The van der Waals surface area contributed by atoms with Crippen LogP contribution in [-0.2, 0) is 4.79 Å². The second-order valence-corrected chi connectivity index (χ2v) is 6.32. The Labute approximate surface area is 135 Å². The maximum Gasteiger partial charge on any atom is 0.246 e. The normalized spacial score (nSPS) is 16.1. The van der Waals surface area contributed by atoms with Crippen molar-refractivity contribution >= 4 is 27.9 Å². The van der Waals surface area contributed by atoms with Gasteiger partial charge in [-0.05, 0) is 52.5 Å². The number of hydrogen-bond donors (Lipinski definition) is 0. The van der Waals surface area contributed by atoms with Gasteiger partial charge in [0.15, 0.2) is 0 Å². The zero-order chi connectivity index (χ0) is 15.2. The van der Waals surface area contributed by atoms with Crippen LogP contribution in [0.3, 0.4) is 0 Å². The summed E-state index contributed by atoms with van der Waals surface area (Å²) in [4.78, 5) is 14.1. The zero-order valence-electron chi connectivity index (χ0n) is 12.6. The van der Waals surface area contributed by atoms with Crippen molar-refractivity contribution in [2.24, 2.45) is 0 Å². The molecule has 3 nitrogen and oxygen atoms in total. The Morgan fingerprint density at radius 2 is 2.05 bits per heavy atom. The van der Waals surface area contributed by atoms with Crippen LogP contribution >= 0.6 is 15.9 Å². The summed E-state index contributed by atoms with van der Waals surface area (Å²) in [5, 5.41) is 0. The van der Waals surface area contributed by atoms with Crippen LogP contribution in [0.1, 0.15) is 37.7 Å². The van der Waals surface area contributed by atoms with E-state index in [1.165, 1.54) is 19.3 Å². The van der Waals surface area contributed by atoms with Gasteiger partial charge < -0.3 is 9.64 Å². The minimum Gasteiger partial charge on any atom is -0.496 e. The molecule has 0 radical (unpaired) electrons. The summed E-state index contributed by atoms with van der Waals surface area (Å²) in [6.45, 7) is 0. The summed E-state index contributed by atoms with van der Waals surface area (Å²) in [5.74, 6) is 0.867. The van der Waals surface area contributed by atoms with Crippen LogP contribution in [0.25, 0.3) is 6.08 Å². The van der Waals surface area contributed by atoms with Gasteiger partial charge in [0.05, 0.1) is 11.6 Å². The molecule has 0 saturated heterocycles. The monoisotopic (exact) mass is 351 g/mol. The fourth-order valence-corrected chi connectivity index (χ4v) is 3.28. The molecular formula is C17H22BrNO2. The predicted octanol–water partition coefficient (Wildman–Crippen LogP) is 4.26. The van der Waals surface area contributed by atoms with E-state index in [2.05, 4.69) is 15.9 Å². The van der Waals surface area contributed by atoms with Gasteiger partial charge in [-0.15, -0.1) is 0 Å². The Hall–Kier alpha value is -1.29. The minimum atomic E-state index is 0.0776. The van der Waals surface area contributed by atoms with Gasteiger partial charge in [0.1, 0.15) is 5.75 Å². The van der Waals surface area contributed by atoms with Gasteiger partial charge in [0, 0.05) is 19.2 Å². The number of carbonyl (C=O) groups is 1. The minimum absolute atomic E-state index is 0.0776. The highest BCUT2D eigenvalue weighted by Crippen LogP contribution is 2.26. The van der Waals surface area contributed by atoms with Crippen LogP contribution in [0.4, 0.5) is 0 Å². The molecule has 0 aromatic heterocycles. The van der Waals surface area contributed by atoms with Gasteiger partial charge in [-0.25, -0.2) is 0 Å². The molecule has 0 unspecified atom stereocenters. The van der Waals surface area contributed by atoms with Crippen molar-refractivity contribution < 1.29 is 9.53 Å². The van der Waals surface area contributed by atoms with Crippen molar-refractivity contribution in [2.75, 3.05) is 14.2 Å². The zero-order valence-corrected chi connectivity index (χ0v) is 14.2. The number of nitrogens with zero attached hydrogens (tertiary/aromatic N) is 1. The maximum atomic E-state index is 12.2. The van der Waals surface area contributed by atoms with E-state index in [0.717, 1.165) is 28.6 Å². The average Bonchev–Trinajstić information content (AvgIpc) is 2.52. The molecule has 1 aromatic carbocycles. The molecule has 0 bridgehead atoms. The molecule has 21 heavy (non-hydrogen) atoms. The third kappa shape index (κ3) is 4.34. The molecule has 1 amide bonds. The highest BCUT2D eigenvalue weighted by Gasteiger charge is 2.20. The molecular weight excluding hydrogens is 330 g/mol. The lowest BCUT2D eigenvalue weighted by atomic mass is 9.94. The van der Waals surface area contributed by atoms with E-state index in [9.17, 15) is 4.79 Å². The second kappa shape index (κ2) is 7.64. The molecule has 2 rings (SSSR count). The molecule has 114 valence electrons. The second-order valence-electron chi connectivity index (χ2n) is 5.47. The van der Waals surface area contributed by atoms with Crippen LogP contribution in [0, 0.1) is 0 Å². The number of carbonyl (C=O) groups excluding carboxylic acids is 1. The van der Waals surface area contributed by atoms with Gasteiger partial charge in [0.25, 0.3) is 0 Å². The lowest BCUT2D eigenvalue weighted by Gasteiger charge is -2.30. The molecule has 0 atom stereocenters. The number of benzene rings is 1. The van der Waals surface area contributed by atoms with Crippen molar-refractivity contribution in [1.82, 2.24) is 4.90 Å². The lowest BCUT2D eigenvalue weighted by molar-refractivity contribution is -0.127. The van der Waals surface area contributed by atoms with Crippen LogP contribution in [0.15, 0.2) is 28.7 Å². The highest BCUT2D eigenvalue weighted by molar-refractivity contribution is 9.10. The molecule has 0 spiro atoms. The summed E-state index contributed by atoms with van der Waals surface area (Å²) in [5.41, 5.74) is 0.980. The molecule has 1 aromatic rings. The first-order chi connectivity index (χ1) is 10.1. The predicted molar refractivity (Wildman–Crippen MR) is 89.4 cm³/mol. The van der Waals surface area contributed by atoms with Crippen LogP contribution < -0.4 is 4.74 Å². The number of halogens is 1. The summed E-state index contributed by atoms with van der Waals surface area (Å²) < 4.78 is 6.09. The van der Waals surface area contributed by atoms with Gasteiger partial charge in [-0.2, -0.15) is 0 Å². The quantitative estimate of drug-likeness (QED) is 0.758. The van der Waals surface area contributed by atoms with E-state index in [1.54, 1.807) is 13.2 Å². The van der Waals surface area contributed by atoms with Crippen molar-refractivity contribution in [3.63, 3.8) is 0 Å². The first-order valence-corrected chi connectivity index (χ1v) is 8.19. The number of ether oxygens (including phenoxy) is 1. The number of amides is 1. The van der Waals surface area contributed by atoms with E-state index in [4.69, 9.17) is 4.74 Å². The van der Waals surface area contributed by atoms with Gasteiger partial charge in [-0.1, -0.05) is 25.3 Å². The third-order valence-corrected chi connectivity index (χ3v) is 4.68. The Bertz CT molecular complexity index is 522. The largest absolute Gasteiger partial charge is 0.496 e. The number of rotatable bonds is 4. The third-order valence-electron chi connectivity index (χ3n) is 4.06.